The number of nitrogens with one attached hydrogen (secondary N) is 1. The van der Waals surface area contributed by atoms with E-state index in [1.165, 1.54) is 5.56 Å². The SMILES string of the molecule is Cc1ccc(-n2nc(C)cc2NC(=O)Cc2noc3ccccc23)cc1. The smallest absolute Gasteiger partial charge is 0.231 e. The number of rotatable bonds is 4. The summed E-state index contributed by atoms with van der Waals surface area (Å²) in [6, 6.07) is 17.3. The minimum absolute atomic E-state index is 0.134. The highest BCUT2D eigenvalue weighted by molar-refractivity contribution is 5.94. The number of carbonyl (C=O) groups excluding carboxylic acids is 1. The first kappa shape index (κ1) is 16.1. The summed E-state index contributed by atoms with van der Waals surface area (Å²) in [5.74, 6) is 0.460. The zero-order chi connectivity index (χ0) is 18.1. The zero-order valence-electron chi connectivity index (χ0n) is 14.6. The summed E-state index contributed by atoms with van der Waals surface area (Å²) < 4.78 is 6.99. The summed E-state index contributed by atoms with van der Waals surface area (Å²) in [5.41, 5.74) is 4.19. The van der Waals surface area contributed by atoms with Gasteiger partial charge in [-0.05, 0) is 38.1 Å². The molecule has 0 aliphatic rings. The lowest BCUT2D eigenvalue weighted by Crippen LogP contribution is -2.17. The molecule has 26 heavy (non-hydrogen) atoms. The number of amides is 1. The third kappa shape index (κ3) is 3.09. The molecule has 2 aromatic carbocycles. The highest BCUT2D eigenvalue weighted by atomic mass is 16.5. The first-order valence-corrected chi connectivity index (χ1v) is 8.37. The fraction of sp³-hybridized carbons (Fsp3) is 0.150. The van der Waals surface area contributed by atoms with E-state index in [0.717, 1.165) is 16.8 Å². The highest BCUT2D eigenvalue weighted by Gasteiger charge is 2.15. The highest BCUT2D eigenvalue weighted by Crippen LogP contribution is 2.20. The Morgan fingerprint density at radius 2 is 1.88 bits per heavy atom. The van der Waals surface area contributed by atoms with E-state index in [-0.39, 0.29) is 12.3 Å². The molecule has 0 radical (unpaired) electrons. The van der Waals surface area contributed by atoms with Gasteiger partial charge >= 0.3 is 0 Å². The average Bonchev–Trinajstić information content (AvgIpc) is 3.19. The number of fused-ring (bicyclic) bond motifs is 1. The van der Waals surface area contributed by atoms with Gasteiger partial charge in [-0.1, -0.05) is 35.0 Å². The van der Waals surface area contributed by atoms with Gasteiger partial charge < -0.3 is 9.84 Å². The number of para-hydroxylation sites is 1. The van der Waals surface area contributed by atoms with Crippen LogP contribution in [0.25, 0.3) is 16.7 Å². The molecule has 4 rings (SSSR count). The van der Waals surface area contributed by atoms with E-state index in [0.29, 0.717) is 17.1 Å². The summed E-state index contributed by atoms with van der Waals surface area (Å²) in [4.78, 5) is 12.5. The monoisotopic (exact) mass is 346 g/mol. The Morgan fingerprint density at radius 3 is 2.69 bits per heavy atom. The Hall–Kier alpha value is -3.41. The second kappa shape index (κ2) is 6.48. The summed E-state index contributed by atoms with van der Waals surface area (Å²) in [6.07, 6.45) is 0.134. The van der Waals surface area contributed by atoms with Crippen LogP contribution < -0.4 is 5.32 Å². The number of aryl methyl sites for hydroxylation is 2. The van der Waals surface area contributed by atoms with Gasteiger partial charge in [0.1, 0.15) is 11.5 Å². The van der Waals surface area contributed by atoms with Crippen LogP contribution in [0, 0.1) is 13.8 Å². The number of anilines is 1. The predicted molar refractivity (Wildman–Crippen MR) is 99.4 cm³/mol. The van der Waals surface area contributed by atoms with E-state index < -0.39 is 0 Å². The van der Waals surface area contributed by atoms with Crippen molar-refractivity contribution in [2.75, 3.05) is 5.32 Å². The molecule has 2 heterocycles. The van der Waals surface area contributed by atoms with E-state index >= 15 is 0 Å². The van der Waals surface area contributed by atoms with Crippen molar-refractivity contribution in [1.29, 1.82) is 0 Å². The van der Waals surface area contributed by atoms with Crippen LogP contribution in [-0.2, 0) is 11.2 Å². The van der Waals surface area contributed by atoms with Crippen LogP contribution in [0.5, 0.6) is 0 Å². The third-order valence-electron chi connectivity index (χ3n) is 4.16. The van der Waals surface area contributed by atoms with Gasteiger partial charge in [-0.15, -0.1) is 0 Å². The topological polar surface area (TPSA) is 73.0 Å². The number of carbonyl (C=O) groups is 1. The second-order valence-corrected chi connectivity index (χ2v) is 6.27. The molecule has 0 aliphatic carbocycles. The van der Waals surface area contributed by atoms with Crippen molar-refractivity contribution >= 4 is 22.7 Å². The van der Waals surface area contributed by atoms with Crippen LogP contribution in [0.1, 0.15) is 17.0 Å². The molecule has 1 N–H and O–H groups in total. The van der Waals surface area contributed by atoms with Crippen LogP contribution in [0.4, 0.5) is 5.82 Å². The minimum atomic E-state index is -0.169. The molecule has 4 aromatic rings. The van der Waals surface area contributed by atoms with Crippen molar-refractivity contribution in [2.45, 2.75) is 20.3 Å². The van der Waals surface area contributed by atoms with Gasteiger partial charge in [0.25, 0.3) is 0 Å². The first-order valence-electron chi connectivity index (χ1n) is 8.37. The van der Waals surface area contributed by atoms with Crippen molar-refractivity contribution in [1.82, 2.24) is 14.9 Å². The molecule has 0 bridgehead atoms. The quantitative estimate of drug-likeness (QED) is 0.610. The molecule has 6 nitrogen and oxygen atoms in total. The number of nitrogens with zero attached hydrogens (tertiary/aromatic N) is 3. The van der Waals surface area contributed by atoms with E-state index in [1.807, 2.05) is 68.4 Å². The molecule has 1 amide bonds. The summed E-state index contributed by atoms with van der Waals surface area (Å²) >= 11 is 0. The molecular formula is C20H18N4O2. The van der Waals surface area contributed by atoms with E-state index in [2.05, 4.69) is 15.6 Å². The largest absolute Gasteiger partial charge is 0.356 e. The number of aromatic nitrogens is 3. The molecule has 0 aliphatic heterocycles. The first-order chi connectivity index (χ1) is 12.6. The van der Waals surface area contributed by atoms with Gasteiger partial charge in [0.2, 0.25) is 5.91 Å². The fourth-order valence-corrected chi connectivity index (χ4v) is 2.88. The van der Waals surface area contributed by atoms with Gasteiger partial charge in [-0.2, -0.15) is 5.10 Å². The maximum atomic E-state index is 12.5. The molecule has 0 fully saturated rings. The Balaban J connectivity index is 1.57. The molecule has 130 valence electrons. The molecule has 0 spiro atoms. The minimum Gasteiger partial charge on any atom is -0.356 e. The Labute approximate surface area is 150 Å². The van der Waals surface area contributed by atoms with E-state index in [1.54, 1.807) is 4.68 Å². The number of benzene rings is 2. The molecule has 0 saturated carbocycles. The van der Waals surface area contributed by atoms with Crippen molar-refractivity contribution < 1.29 is 9.32 Å². The Bertz CT molecular complexity index is 1080. The molecule has 6 heteroatoms. The predicted octanol–water partition coefficient (Wildman–Crippen LogP) is 3.81. The van der Waals surface area contributed by atoms with E-state index in [4.69, 9.17) is 4.52 Å². The van der Waals surface area contributed by atoms with Crippen molar-refractivity contribution in [3.8, 4) is 5.69 Å². The molecule has 0 atom stereocenters. The summed E-state index contributed by atoms with van der Waals surface area (Å²) in [6.45, 7) is 3.93. The van der Waals surface area contributed by atoms with Crippen LogP contribution in [-0.4, -0.2) is 20.8 Å². The maximum Gasteiger partial charge on any atom is 0.231 e. The van der Waals surface area contributed by atoms with Gasteiger partial charge in [0.05, 0.1) is 17.8 Å². The lowest BCUT2D eigenvalue weighted by Gasteiger charge is -2.09. The fourth-order valence-electron chi connectivity index (χ4n) is 2.88. The van der Waals surface area contributed by atoms with Crippen LogP contribution in [0.3, 0.4) is 0 Å². The summed E-state index contributed by atoms with van der Waals surface area (Å²) in [5, 5.41) is 12.3. The van der Waals surface area contributed by atoms with Gasteiger partial charge in [0.15, 0.2) is 5.58 Å². The van der Waals surface area contributed by atoms with E-state index in [9.17, 15) is 4.79 Å². The lowest BCUT2D eigenvalue weighted by molar-refractivity contribution is -0.115. The van der Waals surface area contributed by atoms with Crippen LogP contribution in [0.2, 0.25) is 0 Å². The van der Waals surface area contributed by atoms with Crippen LogP contribution in [0.15, 0.2) is 59.1 Å². The van der Waals surface area contributed by atoms with Gasteiger partial charge in [-0.25, -0.2) is 4.68 Å². The Morgan fingerprint density at radius 1 is 1.12 bits per heavy atom. The van der Waals surface area contributed by atoms with Crippen LogP contribution >= 0.6 is 0 Å². The van der Waals surface area contributed by atoms with Crippen molar-refractivity contribution in [3.63, 3.8) is 0 Å². The van der Waals surface area contributed by atoms with Crippen molar-refractivity contribution in [3.05, 3.63) is 71.5 Å². The molecular weight excluding hydrogens is 328 g/mol. The number of hydrogen-bond acceptors (Lipinski definition) is 4. The summed E-state index contributed by atoms with van der Waals surface area (Å²) in [7, 11) is 0. The normalized spacial score (nSPS) is 11.0. The molecule has 0 unspecified atom stereocenters. The third-order valence-corrected chi connectivity index (χ3v) is 4.16. The second-order valence-electron chi connectivity index (χ2n) is 6.27. The zero-order valence-corrected chi connectivity index (χ0v) is 14.6. The molecule has 0 saturated heterocycles. The standard InChI is InChI=1S/C20H18N4O2/c1-13-7-9-15(10-8-13)24-19(11-14(2)22-24)21-20(25)12-17-16-5-3-4-6-18(16)26-23-17/h3-11H,12H2,1-2H3,(H,21,25). The maximum absolute atomic E-state index is 12.5. The number of hydrogen-bond donors (Lipinski definition) is 1. The van der Waals surface area contributed by atoms with Crippen molar-refractivity contribution in [2.24, 2.45) is 0 Å². The Kier molecular flexibility index (Phi) is 4.01. The lowest BCUT2D eigenvalue weighted by atomic mass is 10.1. The average molecular weight is 346 g/mol. The van der Waals surface area contributed by atoms with Gasteiger partial charge in [0, 0.05) is 11.5 Å². The van der Waals surface area contributed by atoms with Gasteiger partial charge in [-0.3, -0.25) is 4.79 Å². The molecule has 2 aromatic heterocycles.